The van der Waals surface area contributed by atoms with Crippen LogP contribution in [0.3, 0.4) is 0 Å². The lowest BCUT2D eigenvalue weighted by Crippen LogP contribution is -2.32. The third kappa shape index (κ3) is 4.87. The maximum absolute atomic E-state index is 13.8. The standard InChI is InChI=1S/C24H28FN3O2/c1-17-10-11-19(16-22(17)25)24-26-23(30-27-24)9-5-13-28-12-4-7-20(28)14-18-6-3-8-21(15-18)29-2/h3,6,8,10-11,15-16,20H,4-5,7,9,12-14H2,1-2H3. The first-order chi connectivity index (χ1) is 14.6. The smallest absolute Gasteiger partial charge is 0.227 e. The van der Waals surface area contributed by atoms with Crippen LogP contribution in [0.2, 0.25) is 0 Å². The number of aryl methyl sites for hydroxylation is 2. The van der Waals surface area contributed by atoms with E-state index in [1.807, 2.05) is 12.1 Å². The summed E-state index contributed by atoms with van der Waals surface area (Å²) in [6.07, 6.45) is 5.18. The number of hydrogen-bond donors (Lipinski definition) is 0. The number of hydrogen-bond acceptors (Lipinski definition) is 5. The van der Waals surface area contributed by atoms with Crippen molar-refractivity contribution in [1.29, 1.82) is 0 Å². The quantitative estimate of drug-likeness (QED) is 0.533. The first-order valence-electron chi connectivity index (χ1n) is 10.6. The van der Waals surface area contributed by atoms with E-state index in [0.717, 1.165) is 38.1 Å². The molecule has 0 aliphatic carbocycles. The van der Waals surface area contributed by atoms with Crippen molar-refractivity contribution in [3.63, 3.8) is 0 Å². The maximum atomic E-state index is 13.8. The number of benzene rings is 2. The predicted octanol–water partition coefficient (Wildman–Crippen LogP) is 4.83. The summed E-state index contributed by atoms with van der Waals surface area (Å²) in [6.45, 7) is 3.87. The molecule has 4 rings (SSSR count). The Bertz CT molecular complexity index is 988. The van der Waals surface area contributed by atoms with Gasteiger partial charge in [0.2, 0.25) is 11.7 Å². The van der Waals surface area contributed by atoms with E-state index in [2.05, 4.69) is 33.2 Å². The predicted molar refractivity (Wildman–Crippen MR) is 114 cm³/mol. The highest BCUT2D eigenvalue weighted by atomic mass is 19.1. The summed E-state index contributed by atoms with van der Waals surface area (Å²) >= 11 is 0. The van der Waals surface area contributed by atoms with Crippen molar-refractivity contribution in [2.45, 2.75) is 45.1 Å². The van der Waals surface area contributed by atoms with Gasteiger partial charge in [0, 0.05) is 18.0 Å². The van der Waals surface area contributed by atoms with Crippen molar-refractivity contribution < 1.29 is 13.7 Å². The van der Waals surface area contributed by atoms with Gasteiger partial charge in [-0.2, -0.15) is 4.98 Å². The Labute approximate surface area is 176 Å². The second kappa shape index (κ2) is 9.39. The fourth-order valence-electron chi connectivity index (χ4n) is 4.13. The summed E-state index contributed by atoms with van der Waals surface area (Å²) in [5, 5.41) is 4.02. The number of halogens is 1. The van der Waals surface area contributed by atoms with Crippen LogP contribution in [-0.2, 0) is 12.8 Å². The average molecular weight is 410 g/mol. The SMILES string of the molecule is COc1cccc(CC2CCCN2CCCc2nc(-c3ccc(C)c(F)c3)no2)c1. The number of ether oxygens (including phenoxy) is 1. The largest absolute Gasteiger partial charge is 0.497 e. The Morgan fingerprint density at radius 2 is 2.13 bits per heavy atom. The van der Waals surface area contributed by atoms with Gasteiger partial charge in [-0.1, -0.05) is 29.4 Å². The Kier molecular flexibility index (Phi) is 6.43. The second-order valence-electron chi connectivity index (χ2n) is 7.97. The zero-order valence-electron chi connectivity index (χ0n) is 17.6. The Morgan fingerprint density at radius 3 is 2.97 bits per heavy atom. The van der Waals surface area contributed by atoms with Crippen LogP contribution in [0.5, 0.6) is 5.75 Å². The van der Waals surface area contributed by atoms with Gasteiger partial charge < -0.3 is 14.2 Å². The van der Waals surface area contributed by atoms with Gasteiger partial charge in [0.15, 0.2) is 0 Å². The molecule has 0 bridgehead atoms. The molecule has 30 heavy (non-hydrogen) atoms. The molecular weight excluding hydrogens is 381 g/mol. The number of aromatic nitrogens is 2. The van der Waals surface area contributed by atoms with Crippen LogP contribution in [0.25, 0.3) is 11.4 Å². The van der Waals surface area contributed by atoms with Crippen LogP contribution in [0.15, 0.2) is 47.0 Å². The molecule has 1 fully saturated rings. The van der Waals surface area contributed by atoms with Gasteiger partial charge in [-0.05, 0) is 75.0 Å². The summed E-state index contributed by atoms with van der Waals surface area (Å²) in [7, 11) is 1.71. The van der Waals surface area contributed by atoms with Gasteiger partial charge in [-0.3, -0.25) is 0 Å². The highest BCUT2D eigenvalue weighted by Gasteiger charge is 2.24. The Balaban J connectivity index is 1.30. The van der Waals surface area contributed by atoms with Crippen LogP contribution in [0.1, 0.15) is 36.3 Å². The molecule has 1 aliphatic rings. The minimum absolute atomic E-state index is 0.255. The third-order valence-electron chi connectivity index (χ3n) is 5.84. The Hall–Kier alpha value is -2.73. The van der Waals surface area contributed by atoms with E-state index < -0.39 is 0 Å². The summed E-state index contributed by atoms with van der Waals surface area (Å²) < 4.78 is 24.5. The number of likely N-dealkylation sites (tertiary alicyclic amines) is 1. The van der Waals surface area contributed by atoms with E-state index in [9.17, 15) is 4.39 Å². The molecule has 0 saturated carbocycles. The number of rotatable bonds is 8. The molecule has 1 aromatic heterocycles. The van der Waals surface area contributed by atoms with E-state index >= 15 is 0 Å². The molecule has 0 spiro atoms. The molecule has 1 atom stereocenters. The van der Waals surface area contributed by atoms with E-state index in [0.29, 0.717) is 28.9 Å². The summed E-state index contributed by atoms with van der Waals surface area (Å²) in [5.41, 5.74) is 2.57. The molecule has 158 valence electrons. The van der Waals surface area contributed by atoms with Gasteiger partial charge in [0.1, 0.15) is 11.6 Å². The van der Waals surface area contributed by atoms with Crippen molar-refractivity contribution in [2.24, 2.45) is 0 Å². The number of methoxy groups -OCH3 is 1. The second-order valence-corrected chi connectivity index (χ2v) is 7.97. The first-order valence-corrected chi connectivity index (χ1v) is 10.6. The zero-order chi connectivity index (χ0) is 20.9. The minimum Gasteiger partial charge on any atom is -0.497 e. The summed E-state index contributed by atoms with van der Waals surface area (Å²) in [4.78, 5) is 7.01. The van der Waals surface area contributed by atoms with Gasteiger partial charge in [0.25, 0.3) is 0 Å². The average Bonchev–Trinajstić information content (AvgIpc) is 3.40. The topological polar surface area (TPSA) is 51.4 Å². The molecule has 2 heterocycles. The van der Waals surface area contributed by atoms with E-state index in [1.54, 1.807) is 20.1 Å². The van der Waals surface area contributed by atoms with E-state index in [1.165, 1.54) is 24.5 Å². The monoisotopic (exact) mass is 409 g/mol. The van der Waals surface area contributed by atoms with Crippen LogP contribution in [0.4, 0.5) is 4.39 Å². The molecule has 6 heteroatoms. The van der Waals surface area contributed by atoms with Crippen molar-refractivity contribution in [2.75, 3.05) is 20.2 Å². The molecule has 0 radical (unpaired) electrons. The van der Waals surface area contributed by atoms with Gasteiger partial charge in [0.05, 0.1) is 7.11 Å². The van der Waals surface area contributed by atoms with Crippen LogP contribution in [-0.4, -0.2) is 41.3 Å². The first kappa shape index (κ1) is 20.5. The van der Waals surface area contributed by atoms with Crippen molar-refractivity contribution >= 4 is 0 Å². The molecule has 0 N–H and O–H groups in total. The fourth-order valence-corrected chi connectivity index (χ4v) is 4.13. The van der Waals surface area contributed by atoms with E-state index in [4.69, 9.17) is 9.26 Å². The number of nitrogens with zero attached hydrogens (tertiary/aromatic N) is 3. The zero-order valence-corrected chi connectivity index (χ0v) is 17.6. The lowest BCUT2D eigenvalue weighted by molar-refractivity contribution is 0.245. The molecule has 1 saturated heterocycles. The maximum Gasteiger partial charge on any atom is 0.227 e. The highest BCUT2D eigenvalue weighted by molar-refractivity contribution is 5.54. The summed E-state index contributed by atoms with van der Waals surface area (Å²) in [6, 6.07) is 13.9. The molecule has 1 unspecified atom stereocenters. The van der Waals surface area contributed by atoms with Crippen molar-refractivity contribution in [3.05, 3.63) is 65.3 Å². The lowest BCUT2D eigenvalue weighted by atomic mass is 10.0. The summed E-state index contributed by atoms with van der Waals surface area (Å²) in [5.74, 6) is 1.71. The molecular formula is C24H28FN3O2. The van der Waals surface area contributed by atoms with Gasteiger partial charge >= 0.3 is 0 Å². The van der Waals surface area contributed by atoms with Crippen molar-refractivity contribution in [1.82, 2.24) is 15.0 Å². The third-order valence-corrected chi connectivity index (χ3v) is 5.84. The van der Waals surface area contributed by atoms with Gasteiger partial charge in [-0.25, -0.2) is 4.39 Å². The van der Waals surface area contributed by atoms with E-state index in [-0.39, 0.29) is 5.82 Å². The Morgan fingerprint density at radius 1 is 1.23 bits per heavy atom. The molecule has 0 amide bonds. The van der Waals surface area contributed by atoms with Gasteiger partial charge in [-0.15, -0.1) is 0 Å². The van der Waals surface area contributed by atoms with Crippen LogP contribution < -0.4 is 4.74 Å². The minimum atomic E-state index is -0.255. The molecule has 3 aromatic rings. The fraction of sp³-hybridized carbons (Fsp3) is 0.417. The molecule has 5 nitrogen and oxygen atoms in total. The molecule has 1 aliphatic heterocycles. The molecule has 2 aromatic carbocycles. The van der Waals surface area contributed by atoms with Crippen molar-refractivity contribution in [3.8, 4) is 17.1 Å². The normalized spacial score (nSPS) is 16.8. The lowest BCUT2D eigenvalue weighted by Gasteiger charge is -2.24. The highest BCUT2D eigenvalue weighted by Crippen LogP contribution is 2.24. The van der Waals surface area contributed by atoms with Crippen LogP contribution in [0, 0.1) is 12.7 Å². The van der Waals surface area contributed by atoms with Crippen LogP contribution >= 0.6 is 0 Å².